The third-order valence-corrected chi connectivity index (χ3v) is 4.90. The van der Waals surface area contributed by atoms with Gasteiger partial charge in [-0.1, -0.05) is 31.0 Å². The maximum Gasteiger partial charge on any atom is 0.230 e. The topological polar surface area (TPSA) is 116 Å². The molecule has 1 saturated carbocycles. The highest BCUT2D eigenvalue weighted by molar-refractivity contribution is 8.00. The summed E-state index contributed by atoms with van der Waals surface area (Å²) in [7, 11) is 0. The third kappa shape index (κ3) is 4.87. The molecule has 2 rings (SSSR count). The summed E-state index contributed by atoms with van der Waals surface area (Å²) in [5, 5.41) is 21.3. The van der Waals surface area contributed by atoms with Gasteiger partial charge in [-0.2, -0.15) is 10.5 Å². The number of aromatic nitrogens is 1. The second-order valence-corrected chi connectivity index (χ2v) is 6.56. The molecule has 0 radical (unpaired) electrons. The molecular formula is C16H19N5OS. The van der Waals surface area contributed by atoms with Crippen molar-refractivity contribution in [2.75, 3.05) is 18.0 Å². The Hall–Kier alpha value is -2.25. The van der Waals surface area contributed by atoms with E-state index in [9.17, 15) is 4.79 Å². The Morgan fingerprint density at radius 3 is 2.65 bits per heavy atom. The number of hydrogen-bond donors (Lipinski definition) is 2. The summed E-state index contributed by atoms with van der Waals surface area (Å²) in [4.78, 5) is 16.0. The van der Waals surface area contributed by atoms with E-state index in [0.29, 0.717) is 17.5 Å². The van der Waals surface area contributed by atoms with Gasteiger partial charge in [-0.3, -0.25) is 4.79 Å². The van der Waals surface area contributed by atoms with Crippen LogP contribution in [-0.4, -0.2) is 23.2 Å². The number of nitrogens with one attached hydrogen (secondary N) is 1. The predicted molar refractivity (Wildman–Crippen MR) is 88.4 cm³/mol. The minimum absolute atomic E-state index is 0.0748. The average Bonchev–Trinajstić information content (AvgIpc) is 2.59. The summed E-state index contributed by atoms with van der Waals surface area (Å²) >= 11 is 1.16. The molecule has 0 atom stereocenters. The molecule has 1 amide bonds. The molecule has 1 heterocycles. The number of rotatable bonds is 5. The van der Waals surface area contributed by atoms with E-state index in [1.165, 1.54) is 38.2 Å². The van der Waals surface area contributed by atoms with Crippen molar-refractivity contribution in [3.8, 4) is 12.1 Å². The first-order valence-electron chi connectivity index (χ1n) is 7.64. The first-order valence-corrected chi connectivity index (χ1v) is 8.62. The van der Waals surface area contributed by atoms with Crippen molar-refractivity contribution in [3.63, 3.8) is 0 Å². The van der Waals surface area contributed by atoms with Gasteiger partial charge >= 0.3 is 0 Å². The maximum absolute atomic E-state index is 11.9. The van der Waals surface area contributed by atoms with Gasteiger partial charge in [0, 0.05) is 6.54 Å². The van der Waals surface area contributed by atoms with Crippen molar-refractivity contribution >= 4 is 23.5 Å². The Bertz CT molecular complexity index is 656. The number of nitrogens with two attached hydrogens (primary N) is 1. The van der Waals surface area contributed by atoms with Crippen LogP contribution in [0.1, 0.15) is 43.2 Å². The normalized spacial score (nSPS) is 14.7. The molecule has 1 aromatic rings. The van der Waals surface area contributed by atoms with Gasteiger partial charge in [-0.05, 0) is 24.8 Å². The summed E-state index contributed by atoms with van der Waals surface area (Å²) in [5.41, 5.74) is 6.10. The molecule has 1 fully saturated rings. The van der Waals surface area contributed by atoms with E-state index in [-0.39, 0.29) is 28.6 Å². The van der Waals surface area contributed by atoms with Crippen molar-refractivity contribution in [3.05, 3.63) is 17.2 Å². The Labute approximate surface area is 140 Å². The number of carbonyl (C=O) groups excluding carboxylic acids is 1. The molecular weight excluding hydrogens is 310 g/mol. The fraction of sp³-hybridized carbons (Fsp3) is 0.500. The molecule has 23 heavy (non-hydrogen) atoms. The zero-order valence-corrected chi connectivity index (χ0v) is 13.7. The van der Waals surface area contributed by atoms with Crippen molar-refractivity contribution in [2.24, 2.45) is 5.92 Å². The van der Waals surface area contributed by atoms with Gasteiger partial charge in [0.05, 0.1) is 16.9 Å². The second kappa shape index (κ2) is 8.40. The summed E-state index contributed by atoms with van der Waals surface area (Å²) in [6.07, 6.45) is 6.15. The molecule has 0 unspecified atom stereocenters. The lowest BCUT2D eigenvalue weighted by Gasteiger charge is -2.21. The van der Waals surface area contributed by atoms with Gasteiger partial charge in [0.15, 0.2) is 0 Å². The summed E-state index contributed by atoms with van der Waals surface area (Å²) in [6, 6.07) is 5.28. The Morgan fingerprint density at radius 1 is 1.30 bits per heavy atom. The summed E-state index contributed by atoms with van der Waals surface area (Å²) in [6.45, 7) is 0.716. The Kier molecular flexibility index (Phi) is 6.25. The fourth-order valence-electron chi connectivity index (χ4n) is 2.62. The first-order chi connectivity index (χ1) is 11.1. The van der Waals surface area contributed by atoms with Crippen LogP contribution in [0.15, 0.2) is 11.1 Å². The van der Waals surface area contributed by atoms with Crippen molar-refractivity contribution in [2.45, 2.75) is 37.1 Å². The molecule has 0 bridgehead atoms. The summed E-state index contributed by atoms with van der Waals surface area (Å²) in [5.74, 6) is 0.765. The number of amides is 1. The Balaban J connectivity index is 1.87. The van der Waals surface area contributed by atoms with Crippen LogP contribution in [0.5, 0.6) is 0 Å². The number of pyridine rings is 1. The van der Waals surface area contributed by atoms with E-state index >= 15 is 0 Å². The number of nitriles is 2. The van der Waals surface area contributed by atoms with Gasteiger partial charge in [0.25, 0.3) is 0 Å². The molecule has 1 aromatic heterocycles. The van der Waals surface area contributed by atoms with E-state index in [2.05, 4.69) is 10.3 Å². The van der Waals surface area contributed by atoms with Gasteiger partial charge in [-0.25, -0.2) is 4.98 Å². The molecule has 0 saturated heterocycles. The number of anilines is 1. The third-order valence-electron chi connectivity index (χ3n) is 3.91. The average molecular weight is 329 g/mol. The van der Waals surface area contributed by atoms with Crippen LogP contribution >= 0.6 is 11.8 Å². The van der Waals surface area contributed by atoms with Gasteiger partial charge in [-0.15, -0.1) is 0 Å². The smallest absolute Gasteiger partial charge is 0.230 e. The lowest BCUT2D eigenvalue weighted by atomic mass is 9.89. The summed E-state index contributed by atoms with van der Waals surface area (Å²) < 4.78 is 0. The largest absolute Gasteiger partial charge is 0.383 e. The SMILES string of the molecule is N#Cc1cc(C#N)c(SCC(=O)NCC2CCCCC2)nc1N. The van der Waals surface area contributed by atoms with E-state index in [1.54, 1.807) is 0 Å². The van der Waals surface area contributed by atoms with Gasteiger partial charge in [0.1, 0.15) is 23.0 Å². The van der Waals surface area contributed by atoms with E-state index in [4.69, 9.17) is 16.3 Å². The second-order valence-electron chi connectivity index (χ2n) is 5.59. The van der Waals surface area contributed by atoms with Crippen LogP contribution < -0.4 is 11.1 Å². The highest BCUT2D eigenvalue weighted by atomic mass is 32.2. The zero-order valence-electron chi connectivity index (χ0n) is 12.8. The molecule has 120 valence electrons. The number of nitrogen functional groups attached to an aromatic ring is 1. The standard InChI is InChI=1S/C16H19N5OS/c17-7-12-6-13(8-18)16(21-15(12)19)23-10-14(22)20-9-11-4-2-1-3-5-11/h6,11H,1-5,9-10H2,(H2,19,21)(H,20,22). The number of thioether (sulfide) groups is 1. The zero-order chi connectivity index (χ0) is 16.7. The lowest BCUT2D eigenvalue weighted by Crippen LogP contribution is -2.31. The molecule has 3 N–H and O–H groups in total. The predicted octanol–water partition coefficient (Wildman–Crippen LogP) is 2.20. The van der Waals surface area contributed by atoms with Crippen LogP contribution in [-0.2, 0) is 4.79 Å². The van der Waals surface area contributed by atoms with Gasteiger partial charge < -0.3 is 11.1 Å². The van der Waals surface area contributed by atoms with Crippen LogP contribution in [0.4, 0.5) is 5.82 Å². The van der Waals surface area contributed by atoms with Crippen molar-refractivity contribution in [1.29, 1.82) is 10.5 Å². The van der Waals surface area contributed by atoms with E-state index in [0.717, 1.165) is 11.8 Å². The monoisotopic (exact) mass is 329 g/mol. The van der Waals surface area contributed by atoms with Crippen molar-refractivity contribution < 1.29 is 4.79 Å². The number of nitrogens with zero attached hydrogens (tertiary/aromatic N) is 3. The molecule has 1 aliphatic carbocycles. The molecule has 6 nitrogen and oxygen atoms in total. The molecule has 0 spiro atoms. The lowest BCUT2D eigenvalue weighted by molar-refractivity contribution is -0.118. The first kappa shape index (κ1) is 17.1. The minimum Gasteiger partial charge on any atom is -0.383 e. The highest BCUT2D eigenvalue weighted by Crippen LogP contribution is 2.24. The van der Waals surface area contributed by atoms with Crippen LogP contribution in [0.2, 0.25) is 0 Å². The van der Waals surface area contributed by atoms with Crippen molar-refractivity contribution in [1.82, 2.24) is 10.3 Å². The highest BCUT2D eigenvalue weighted by Gasteiger charge is 2.15. The minimum atomic E-state index is -0.0748. The molecule has 0 aromatic carbocycles. The van der Waals surface area contributed by atoms with E-state index < -0.39 is 0 Å². The maximum atomic E-state index is 11.9. The quantitative estimate of drug-likeness (QED) is 0.800. The van der Waals surface area contributed by atoms with Crippen LogP contribution in [0.3, 0.4) is 0 Å². The number of carbonyl (C=O) groups is 1. The van der Waals surface area contributed by atoms with Crippen LogP contribution in [0, 0.1) is 28.6 Å². The number of hydrogen-bond acceptors (Lipinski definition) is 6. The Morgan fingerprint density at radius 2 is 2.00 bits per heavy atom. The molecule has 0 aliphatic heterocycles. The van der Waals surface area contributed by atoms with Crippen LogP contribution in [0.25, 0.3) is 0 Å². The fourth-order valence-corrected chi connectivity index (χ4v) is 3.42. The van der Waals surface area contributed by atoms with Gasteiger partial charge in [0.2, 0.25) is 5.91 Å². The molecule has 1 aliphatic rings. The van der Waals surface area contributed by atoms with E-state index in [1.807, 2.05) is 12.1 Å². The molecule has 7 heteroatoms.